The third-order valence-electron chi connectivity index (χ3n) is 5.60. The van der Waals surface area contributed by atoms with E-state index in [1.807, 2.05) is 0 Å². The fourth-order valence-electron chi connectivity index (χ4n) is 3.84. The number of ether oxygens (including phenoxy) is 1. The molecule has 0 aliphatic carbocycles. The van der Waals surface area contributed by atoms with E-state index in [2.05, 4.69) is 10.6 Å². The van der Waals surface area contributed by atoms with E-state index in [0.29, 0.717) is 16.8 Å². The molecule has 36 heavy (non-hydrogen) atoms. The van der Waals surface area contributed by atoms with Crippen molar-refractivity contribution in [2.75, 3.05) is 5.32 Å². The Hall–Kier alpha value is -4.79. The van der Waals surface area contributed by atoms with Crippen LogP contribution in [0.5, 0.6) is 5.75 Å². The van der Waals surface area contributed by atoms with Gasteiger partial charge in [0, 0.05) is 24.7 Å². The molecule has 0 fully saturated rings. The van der Waals surface area contributed by atoms with Crippen LogP contribution in [0, 0.1) is 0 Å². The Kier molecular flexibility index (Phi) is 6.91. The lowest BCUT2D eigenvalue weighted by molar-refractivity contribution is -0.132. The molecule has 1 unspecified atom stereocenters. The molecule has 1 aliphatic heterocycles. The molecule has 3 aromatic carbocycles. The number of nitrogens with one attached hydrogen (secondary N) is 2. The molecule has 1 heterocycles. The summed E-state index contributed by atoms with van der Waals surface area (Å²) in [7, 11) is 0. The minimum absolute atomic E-state index is 0.123. The lowest BCUT2D eigenvalue weighted by atomic mass is 10.1. The highest BCUT2D eigenvalue weighted by atomic mass is 16.5. The standard InChI is InChI=1S/C27H23N3O6/c1-16(30-26(34)22-11-3-4-12-23(22)27(30)35)24(32)28-15-18-7-5-9-20(13-18)29-25(33)19-8-6-10-21(14-19)36-17(2)31/h3-14,16H,15H2,1-2H3,(H,28,32)(H,29,33). The number of nitrogens with zero attached hydrogens (tertiary/aromatic N) is 1. The molecule has 0 spiro atoms. The first-order chi connectivity index (χ1) is 17.2. The normalized spacial score (nSPS) is 13.1. The van der Waals surface area contributed by atoms with E-state index in [-0.39, 0.29) is 23.4 Å². The Labute approximate surface area is 207 Å². The van der Waals surface area contributed by atoms with Crippen molar-refractivity contribution in [3.8, 4) is 5.75 Å². The van der Waals surface area contributed by atoms with Crippen molar-refractivity contribution in [2.24, 2.45) is 0 Å². The highest BCUT2D eigenvalue weighted by molar-refractivity contribution is 6.22. The van der Waals surface area contributed by atoms with Gasteiger partial charge in [0.15, 0.2) is 0 Å². The molecule has 4 rings (SSSR count). The van der Waals surface area contributed by atoms with Gasteiger partial charge in [0.25, 0.3) is 17.7 Å². The van der Waals surface area contributed by atoms with E-state index in [1.54, 1.807) is 66.7 Å². The average molecular weight is 485 g/mol. The third-order valence-corrected chi connectivity index (χ3v) is 5.60. The largest absolute Gasteiger partial charge is 0.427 e. The third kappa shape index (κ3) is 5.15. The minimum Gasteiger partial charge on any atom is -0.427 e. The zero-order chi connectivity index (χ0) is 25.8. The van der Waals surface area contributed by atoms with Crippen LogP contribution in [-0.2, 0) is 16.1 Å². The Morgan fingerprint density at radius 1 is 0.889 bits per heavy atom. The molecule has 2 N–H and O–H groups in total. The van der Waals surface area contributed by atoms with Crippen LogP contribution in [0.15, 0.2) is 72.8 Å². The molecule has 0 bridgehead atoms. The van der Waals surface area contributed by atoms with Crippen molar-refractivity contribution >= 4 is 35.3 Å². The quantitative estimate of drug-likeness (QED) is 0.301. The van der Waals surface area contributed by atoms with Crippen LogP contribution in [0.2, 0.25) is 0 Å². The van der Waals surface area contributed by atoms with Gasteiger partial charge in [0.05, 0.1) is 11.1 Å². The Balaban J connectivity index is 1.37. The topological polar surface area (TPSA) is 122 Å². The average Bonchev–Trinajstić information content (AvgIpc) is 3.12. The summed E-state index contributed by atoms with van der Waals surface area (Å²) in [5, 5.41) is 5.50. The summed E-state index contributed by atoms with van der Waals surface area (Å²) in [4.78, 5) is 62.7. The summed E-state index contributed by atoms with van der Waals surface area (Å²) >= 11 is 0. The molecular formula is C27H23N3O6. The Bertz CT molecular complexity index is 1350. The van der Waals surface area contributed by atoms with Crippen LogP contribution in [0.1, 0.15) is 50.5 Å². The highest BCUT2D eigenvalue weighted by Gasteiger charge is 2.40. The second kappa shape index (κ2) is 10.2. The predicted molar refractivity (Wildman–Crippen MR) is 130 cm³/mol. The van der Waals surface area contributed by atoms with E-state index in [0.717, 1.165) is 4.90 Å². The highest BCUT2D eigenvalue weighted by Crippen LogP contribution is 2.24. The summed E-state index contributed by atoms with van der Waals surface area (Å²) in [5.41, 5.74) is 2.07. The summed E-state index contributed by atoms with van der Waals surface area (Å²) in [6.07, 6.45) is 0. The summed E-state index contributed by atoms with van der Waals surface area (Å²) < 4.78 is 5.01. The smallest absolute Gasteiger partial charge is 0.308 e. The van der Waals surface area contributed by atoms with Gasteiger partial charge in [-0.05, 0) is 55.0 Å². The van der Waals surface area contributed by atoms with Crippen molar-refractivity contribution in [3.63, 3.8) is 0 Å². The van der Waals surface area contributed by atoms with Gasteiger partial charge in [0.2, 0.25) is 5.91 Å². The maximum atomic E-state index is 12.7. The van der Waals surface area contributed by atoms with Gasteiger partial charge in [-0.3, -0.25) is 28.9 Å². The van der Waals surface area contributed by atoms with Gasteiger partial charge < -0.3 is 15.4 Å². The zero-order valence-electron chi connectivity index (χ0n) is 19.6. The number of benzene rings is 3. The lowest BCUT2D eigenvalue weighted by Gasteiger charge is -2.21. The number of carbonyl (C=O) groups excluding carboxylic acids is 5. The number of carbonyl (C=O) groups is 5. The Morgan fingerprint density at radius 2 is 1.56 bits per heavy atom. The summed E-state index contributed by atoms with van der Waals surface area (Å²) in [6, 6.07) is 18.6. The maximum absolute atomic E-state index is 12.7. The van der Waals surface area contributed by atoms with E-state index < -0.39 is 35.6 Å². The molecule has 3 aromatic rings. The van der Waals surface area contributed by atoms with E-state index in [1.165, 1.54) is 19.9 Å². The van der Waals surface area contributed by atoms with Crippen molar-refractivity contribution in [2.45, 2.75) is 26.4 Å². The monoisotopic (exact) mass is 485 g/mol. The van der Waals surface area contributed by atoms with Gasteiger partial charge in [-0.1, -0.05) is 30.3 Å². The first-order valence-corrected chi connectivity index (χ1v) is 11.2. The first-order valence-electron chi connectivity index (χ1n) is 11.2. The number of anilines is 1. The molecule has 0 saturated carbocycles. The number of esters is 1. The molecule has 9 nitrogen and oxygen atoms in total. The number of fused-ring (bicyclic) bond motifs is 1. The first kappa shape index (κ1) is 24.3. The number of amides is 4. The molecule has 4 amide bonds. The van der Waals surface area contributed by atoms with E-state index in [9.17, 15) is 24.0 Å². The van der Waals surface area contributed by atoms with Crippen LogP contribution < -0.4 is 15.4 Å². The number of imide groups is 1. The lowest BCUT2D eigenvalue weighted by Crippen LogP contribution is -2.47. The van der Waals surface area contributed by atoms with Crippen molar-refractivity contribution in [1.29, 1.82) is 0 Å². The van der Waals surface area contributed by atoms with E-state index >= 15 is 0 Å². The molecular weight excluding hydrogens is 462 g/mol. The van der Waals surface area contributed by atoms with Gasteiger partial charge >= 0.3 is 5.97 Å². The second-order valence-electron chi connectivity index (χ2n) is 8.20. The molecule has 0 aromatic heterocycles. The second-order valence-corrected chi connectivity index (χ2v) is 8.20. The Morgan fingerprint density at radius 3 is 2.22 bits per heavy atom. The number of hydrogen-bond donors (Lipinski definition) is 2. The van der Waals surface area contributed by atoms with Crippen molar-refractivity contribution in [3.05, 3.63) is 95.1 Å². The molecule has 1 aliphatic rings. The molecule has 1 atom stereocenters. The number of rotatable bonds is 7. The fraction of sp³-hybridized carbons (Fsp3) is 0.148. The molecule has 0 saturated heterocycles. The molecule has 0 radical (unpaired) electrons. The maximum Gasteiger partial charge on any atom is 0.308 e. The van der Waals surface area contributed by atoms with Crippen molar-refractivity contribution in [1.82, 2.24) is 10.2 Å². The van der Waals surface area contributed by atoms with Crippen LogP contribution >= 0.6 is 0 Å². The molecule has 9 heteroatoms. The summed E-state index contributed by atoms with van der Waals surface area (Å²) in [6.45, 7) is 2.90. The van der Waals surface area contributed by atoms with Crippen LogP contribution in [0.25, 0.3) is 0 Å². The minimum atomic E-state index is -0.996. The summed E-state index contributed by atoms with van der Waals surface area (Å²) in [5.74, 6) is -2.11. The van der Waals surface area contributed by atoms with Crippen LogP contribution in [0.4, 0.5) is 5.69 Å². The van der Waals surface area contributed by atoms with Crippen LogP contribution in [0.3, 0.4) is 0 Å². The van der Waals surface area contributed by atoms with E-state index in [4.69, 9.17) is 4.74 Å². The fourth-order valence-corrected chi connectivity index (χ4v) is 3.84. The van der Waals surface area contributed by atoms with Crippen LogP contribution in [-0.4, -0.2) is 40.5 Å². The van der Waals surface area contributed by atoms with Gasteiger partial charge in [-0.2, -0.15) is 0 Å². The van der Waals surface area contributed by atoms with Gasteiger partial charge in [0.1, 0.15) is 11.8 Å². The molecule has 182 valence electrons. The SMILES string of the molecule is CC(=O)Oc1cccc(C(=O)Nc2cccc(CNC(=O)C(C)N3C(=O)c4ccccc4C3=O)c2)c1. The zero-order valence-corrected chi connectivity index (χ0v) is 19.6. The number of hydrogen-bond acceptors (Lipinski definition) is 6. The predicted octanol–water partition coefficient (Wildman–Crippen LogP) is 3.17. The van der Waals surface area contributed by atoms with Gasteiger partial charge in [-0.15, -0.1) is 0 Å². The van der Waals surface area contributed by atoms with Gasteiger partial charge in [-0.25, -0.2) is 0 Å². The van der Waals surface area contributed by atoms with Crippen molar-refractivity contribution < 1.29 is 28.7 Å².